The lowest BCUT2D eigenvalue weighted by molar-refractivity contribution is -0.0454. The molecule has 2 aromatic rings. The van der Waals surface area contributed by atoms with E-state index < -0.39 is 10.2 Å². The average Bonchev–Trinajstić information content (AvgIpc) is 3.05. The number of morpholine rings is 1. The summed E-state index contributed by atoms with van der Waals surface area (Å²) in [5.41, 5.74) is 3.13. The molecule has 2 aromatic heterocycles. The lowest BCUT2D eigenvalue weighted by Crippen LogP contribution is -2.53. The summed E-state index contributed by atoms with van der Waals surface area (Å²) in [7, 11) is -3.46. The van der Waals surface area contributed by atoms with E-state index in [1.165, 1.54) is 5.57 Å². The van der Waals surface area contributed by atoms with Gasteiger partial charge in [0.05, 0.1) is 12.2 Å². The Hall–Kier alpha value is -1.74. The molecule has 0 spiro atoms. The van der Waals surface area contributed by atoms with Gasteiger partial charge in [0, 0.05) is 49.5 Å². The highest BCUT2D eigenvalue weighted by molar-refractivity contribution is 7.86. The molecule has 0 saturated carbocycles. The second kappa shape index (κ2) is 6.77. The van der Waals surface area contributed by atoms with Gasteiger partial charge in [-0.05, 0) is 38.0 Å². The Morgan fingerprint density at radius 1 is 1.23 bits per heavy atom. The van der Waals surface area contributed by atoms with Gasteiger partial charge in [-0.2, -0.15) is 17.0 Å². The van der Waals surface area contributed by atoms with Crippen LogP contribution in [0.4, 0.5) is 0 Å². The summed E-state index contributed by atoms with van der Waals surface area (Å²) in [4.78, 5) is 7.50. The van der Waals surface area contributed by atoms with Crippen molar-refractivity contribution in [3.63, 3.8) is 0 Å². The maximum absolute atomic E-state index is 13.0. The molecular weight excluding hydrogens is 352 g/mol. The van der Waals surface area contributed by atoms with Crippen LogP contribution in [-0.2, 0) is 14.9 Å². The predicted octanol–water partition coefficient (Wildman–Crippen LogP) is 2.01. The van der Waals surface area contributed by atoms with Gasteiger partial charge in [0.1, 0.15) is 5.65 Å². The van der Waals surface area contributed by atoms with Crippen LogP contribution in [0.25, 0.3) is 16.6 Å². The number of nitrogens with zero attached hydrogens (tertiary/aromatic N) is 3. The second-order valence-corrected chi connectivity index (χ2v) is 8.95. The molecule has 0 bridgehead atoms. The van der Waals surface area contributed by atoms with Crippen molar-refractivity contribution in [2.75, 3.05) is 26.2 Å². The highest BCUT2D eigenvalue weighted by atomic mass is 32.2. The van der Waals surface area contributed by atoms with E-state index >= 15 is 0 Å². The second-order valence-electron chi connectivity index (χ2n) is 7.02. The SMILES string of the molecule is C[C@@H]1CN(S(=O)(=O)N2CC=C(c3c[nH]c4ncccc34)CC2)C[C@H](C)O1. The van der Waals surface area contributed by atoms with Crippen LogP contribution in [0.15, 0.2) is 30.6 Å². The third kappa shape index (κ3) is 3.18. The molecule has 1 fully saturated rings. The van der Waals surface area contributed by atoms with Crippen LogP contribution in [0.2, 0.25) is 0 Å². The topological polar surface area (TPSA) is 78.5 Å². The van der Waals surface area contributed by atoms with Gasteiger partial charge in [-0.25, -0.2) is 4.98 Å². The molecular formula is C18H24N4O3S. The first-order chi connectivity index (χ1) is 12.4. The van der Waals surface area contributed by atoms with E-state index in [1.54, 1.807) is 14.8 Å². The fourth-order valence-electron chi connectivity index (χ4n) is 3.81. The molecule has 4 rings (SSSR count). The Kier molecular flexibility index (Phi) is 4.60. The van der Waals surface area contributed by atoms with Crippen molar-refractivity contribution in [1.29, 1.82) is 0 Å². The maximum atomic E-state index is 13.0. The van der Waals surface area contributed by atoms with Crippen molar-refractivity contribution in [3.8, 4) is 0 Å². The van der Waals surface area contributed by atoms with E-state index in [1.807, 2.05) is 38.3 Å². The monoisotopic (exact) mass is 376 g/mol. The lowest BCUT2D eigenvalue weighted by Gasteiger charge is -2.38. The number of ether oxygens (including phenoxy) is 1. The van der Waals surface area contributed by atoms with Gasteiger partial charge in [-0.1, -0.05) is 6.08 Å². The van der Waals surface area contributed by atoms with E-state index in [9.17, 15) is 8.42 Å². The smallest absolute Gasteiger partial charge is 0.282 e. The predicted molar refractivity (Wildman–Crippen MR) is 101 cm³/mol. The summed E-state index contributed by atoms with van der Waals surface area (Å²) in [6, 6.07) is 3.95. The van der Waals surface area contributed by atoms with Crippen molar-refractivity contribution >= 4 is 26.8 Å². The molecule has 140 valence electrons. The molecule has 7 nitrogen and oxygen atoms in total. The Morgan fingerprint density at radius 2 is 2.00 bits per heavy atom. The Bertz CT molecular complexity index is 927. The molecule has 4 heterocycles. The minimum Gasteiger partial charge on any atom is -0.373 e. The molecule has 0 radical (unpaired) electrons. The number of nitrogens with one attached hydrogen (secondary N) is 1. The van der Waals surface area contributed by atoms with Gasteiger partial charge in [0.25, 0.3) is 10.2 Å². The Balaban J connectivity index is 1.53. The summed E-state index contributed by atoms with van der Waals surface area (Å²) < 4.78 is 34.8. The van der Waals surface area contributed by atoms with Gasteiger partial charge >= 0.3 is 0 Å². The molecule has 26 heavy (non-hydrogen) atoms. The van der Waals surface area contributed by atoms with Crippen LogP contribution in [0, 0.1) is 0 Å². The minimum absolute atomic E-state index is 0.0804. The fraction of sp³-hybridized carbons (Fsp3) is 0.500. The molecule has 0 aromatic carbocycles. The molecule has 1 saturated heterocycles. The van der Waals surface area contributed by atoms with Crippen LogP contribution in [0.5, 0.6) is 0 Å². The number of pyridine rings is 1. The van der Waals surface area contributed by atoms with Crippen molar-refractivity contribution in [2.24, 2.45) is 0 Å². The van der Waals surface area contributed by atoms with Gasteiger partial charge in [-0.15, -0.1) is 0 Å². The number of aromatic nitrogens is 2. The van der Waals surface area contributed by atoms with Crippen molar-refractivity contribution in [2.45, 2.75) is 32.5 Å². The number of fused-ring (bicyclic) bond motifs is 1. The van der Waals surface area contributed by atoms with Crippen LogP contribution in [0.1, 0.15) is 25.8 Å². The summed E-state index contributed by atoms with van der Waals surface area (Å²) in [6.07, 6.45) is 6.27. The number of aromatic amines is 1. The van der Waals surface area contributed by atoms with Crippen LogP contribution >= 0.6 is 0 Å². The molecule has 0 aliphatic carbocycles. The van der Waals surface area contributed by atoms with E-state index in [4.69, 9.17) is 4.74 Å². The first kappa shape index (κ1) is 17.7. The van der Waals surface area contributed by atoms with Crippen LogP contribution in [-0.4, -0.2) is 65.4 Å². The summed E-state index contributed by atoms with van der Waals surface area (Å²) in [5, 5.41) is 1.07. The zero-order valence-corrected chi connectivity index (χ0v) is 15.9. The van der Waals surface area contributed by atoms with E-state index in [2.05, 4.69) is 9.97 Å². The number of hydrogen-bond donors (Lipinski definition) is 1. The number of H-pyrrole nitrogens is 1. The van der Waals surface area contributed by atoms with Gasteiger partial charge < -0.3 is 9.72 Å². The summed E-state index contributed by atoms with van der Waals surface area (Å²) in [6.45, 7) is 5.53. The molecule has 0 amide bonds. The molecule has 1 N–H and O–H groups in total. The summed E-state index contributed by atoms with van der Waals surface area (Å²) in [5.74, 6) is 0. The van der Waals surface area contributed by atoms with Crippen LogP contribution < -0.4 is 0 Å². The highest BCUT2D eigenvalue weighted by Crippen LogP contribution is 2.30. The first-order valence-electron chi connectivity index (χ1n) is 8.97. The van der Waals surface area contributed by atoms with Crippen molar-refractivity contribution in [3.05, 3.63) is 36.2 Å². The molecule has 2 aliphatic heterocycles. The lowest BCUT2D eigenvalue weighted by atomic mass is 10.0. The van der Waals surface area contributed by atoms with E-state index in [0.29, 0.717) is 32.6 Å². The molecule has 2 aliphatic rings. The molecule has 0 unspecified atom stereocenters. The third-order valence-corrected chi connectivity index (χ3v) is 6.94. The minimum atomic E-state index is -3.46. The quantitative estimate of drug-likeness (QED) is 0.889. The third-order valence-electron chi connectivity index (χ3n) is 5.01. The summed E-state index contributed by atoms with van der Waals surface area (Å²) >= 11 is 0. The van der Waals surface area contributed by atoms with Crippen LogP contribution in [0.3, 0.4) is 0 Å². The Morgan fingerprint density at radius 3 is 2.69 bits per heavy atom. The number of rotatable bonds is 3. The van der Waals surface area contributed by atoms with E-state index in [0.717, 1.165) is 16.6 Å². The zero-order chi connectivity index (χ0) is 18.3. The van der Waals surface area contributed by atoms with Crippen molar-refractivity contribution in [1.82, 2.24) is 18.6 Å². The number of hydrogen-bond acceptors (Lipinski definition) is 4. The molecule has 8 heteroatoms. The molecule has 2 atom stereocenters. The fourth-order valence-corrected chi connectivity index (χ4v) is 5.52. The first-order valence-corrected chi connectivity index (χ1v) is 10.4. The maximum Gasteiger partial charge on any atom is 0.282 e. The largest absolute Gasteiger partial charge is 0.373 e. The normalized spacial score (nSPS) is 26.2. The van der Waals surface area contributed by atoms with Gasteiger partial charge in [0.15, 0.2) is 0 Å². The highest BCUT2D eigenvalue weighted by Gasteiger charge is 2.35. The van der Waals surface area contributed by atoms with E-state index in [-0.39, 0.29) is 12.2 Å². The standard InChI is InChI=1S/C18H24N4O3S/c1-13-11-22(12-14(2)25-13)26(23,24)21-8-5-15(6-9-21)17-10-20-18-16(17)4-3-7-19-18/h3-5,7,10,13-14H,6,8-9,11-12H2,1-2H3,(H,19,20)/t13-,14+. The van der Waals surface area contributed by atoms with Gasteiger partial charge in [0.2, 0.25) is 0 Å². The Labute approximate surface area is 153 Å². The zero-order valence-electron chi connectivity index (χ0n) is 15.1. The van der Waals surface area contributed by atoms with Gasteiger partial charge in [-0.3, -0.25) is 0 Å². The average molecular weight is 376 g/mol. The van der Waals surface area contributed by atoms with Crippen molar-refractivity contribution < 1.29 is 13.2 Å².